The Morgan fingerprint density at radius 2 is 2.24 bits per heavy atom. The van der Waals surface area contributed by atoms with E-state index in [9.17, 15) is 0 Å². The fourth-order valence-corrected chi connectivity index (χ4v) is 2.97. The second kappa shape index (κ2) is 3.75. The molecule has 3 N–H and O–H groups in total. The van der Waals surface area contributed by atoms with E-state index in [1.54, 1.807) is 0 Å². The number of nitrogen functional groups attached to an aromatic ring is 1. The maximum Gasteiger partial charge on any atom is 0.180 e. The highest BCUT2D eigenvalue weighted by Gasteiger charge is 2.14. The third-order valence-electron chi connectivity index (χ3n) is 2.72. The largest absolute Gasteiger partial charge is 0.375 e. The highest BCUT2D eigenvalue weighted by Crippen LogP contribution is 2.36. The first kappa shape index (κ1) is 10.6. The van der Waals surface area contributed by atoms with Gasteiger partial charge in [0.05, 0.1) is 10.7 Å². The second-order valence-electron chi connectivity index (χ2n) is 3.82. The van der Waals surface area contributed by atoms with E-state index in [4.69, 9.17) is 17.3 Å². The number of H-pyrrole nitrogens is 1. The van der Waals surface area contributed by atoms with Gasteiger partial charge in [0, 0.05) is 27.5 Å². The van der Waals surface area contributed by atoms with Gasteiger partial charge in [-0.15, -0.1) is 11.3 Å². The van der Waals surface area contributed by atoms with Gasteiger partial charge in [-0.05, 0) is 19.1 Å². The zero-order valence-electron chi connectivity index (χ0n) is 9.12. The van der Waals surface area contributed by atoms with E-state index in [-0.39, 0.29) is 0 Å². The van der Waals surface area contributed by atoms with Crippen molar-refractivity contribution in [3.63, 3.8) is 0 Å². The summed E-state index contributed by atoms with van der Waals surface area (Å²) in [6.45, 7) is 2.01. The summed E-state index contributed by atoms with van der Waals surface area (Å²) in [5.74, 6) is 0. The Hall–Kier alpha value is -1.52. The molecular weight excluding hydrogens is 254 g/mol. The van der Waals surface area contributed by atoms with Gasteiger partial charge in [-0.25, -0.2) is 4.98 Å². The minimum absolute atomic E-state index is 0.582. The zero-order chi connectivity index (χ0) is 12.0. The number of thiazole rings is 1. The van der Waals surface area contributed by atoms with E-state index in [2.05, 4.69) is 9.97 Å². The van der Waals surface area contributed by atoms with Crippen LogP contribution in [-0.4, -0.2) is 9.97 Å². The minimum Gasteiger partial charge on any atom is -0.375 e. The van der Waals surface area contributed by atoms with Crippen LogP contribution in [0.5, 0.6) is 0 Å². The van der Waals surface area contributed by atoms with Gasteiger partial charge in [-0.3, -0.25) is 0 Å². The minimum atomic E-state index is 0.582. The van der Waals surface area contributed by atoms with Crippen LogP contribution in [0.1, 0.15) is 4.88 Å². The topological polar surface area (TPSA) is 54.7 Å². The Balaban J connectivity index is 2.35. The molecule has 0 amide bonds. The molecule has 2 aromatic heterocycles. The molecule has 0 unspecified atom stereocenters. The standard InChI is InChI=1S/C12H10ClN3S/c1-6-11(16-12(14)17-6)7-5-15-9-4-2-3-8(13)10(7)9/h2-5,15H,1H3,(H2,14,16). The number of fused-ring (bicyclic) bond motifs is 1. The third kappa shape index (κ3) is 1.61. The first-order valence-electron chi connectivity index (χ1n) is 5.15. The monoisotopic (exact) mass is 263 g/mol. The zero-order valence-corrected chi connectivity index (χ0v) is 10.7. The summed E-state index contributed by atoms with van der Waals surface area (Å²) in [4.78, 5) is 8.67. The molecule has 0 radical (unpaired) electrons. The van der Waals surface area contributed by atoms with E-state index >= 15 is 0 Å². The molecule has 0 aliphatic rings. The van der Waals surface area contributed by atoms with Crippen molar-refractivity contribution >= 4 is 39.0 Å². The molecule has 0 saturated carbocycles. The van der Waals surface area contributed by atoms with E-state index in [0.29, 0.717) is 5.13 Å². The lowest BCUT2D eigenvalue weighted by Crippen LogP contribution is -1.83. The summed E-state index contributed by atoms with van der Waals surface area (Å²) in [6.07, 6.45) is 1.93. The summed E-state index contributed by atoms with van der Waals surface area (Å²) < 4.78 is 0. The molecule has 0 saturated heterocycles. The number of anilines is 1. The molecule has 0 bridgehead atoms. The molecule has 0 atom stereocenters. The van der Waals surface area contributed by atoms with Crippen molar-refractivity contribution in [2.24, 2.45) is 0 Å². The second-order valence-corrected chi connectivity index (χ2v) is 5.46. The molecule has 0 spiro atoms. The molecule has 0 fully saturated rings. The number of halogens is 1. The molecule has 2 heterocycles. The quantitative estimate of drug-likeness (QED) is 0.701. The van der Waals surface area contributed by atoms with Gasteiger partial charge in [0.1, 0.15) is 0 Å². The Bertz CT molecular complexity index is 699. The van der Waals surface area contributed by atoms with Crippen molar-refractivity contribution in [1.29, 1.82) is 0 Å². The molecule has 0 aliphatic carbocycles. The average molecular weight is 264 g/mol. The lowest BCUT2D eigenvalue weighted by molar-refractivity contribution is 1.38. The van der Waals surface area contributed by atoms with Gasteiger partial charge in [0.25, 0.3) is 0 Å². The number of aromatic nitrogens is 2. The van der Waals surface area contributed by atoms with Crippen LogP contribution >= 0.6 is 22.9 Å². The maximum absolute atomic E-state index is 6.24. The number of nitrogens with two attached hydrogens (primary N) is 1. The predicted molar refractivity (Wildman–Crippen MR) is 73.6 cm³/mol. The summed E-state index contributed by atoms with van der Waals surface area (Å²) >= 11 is 7.73. The van der Waals surface area contributed by atoms with Crippen LogP contribution in [0.15, 0.2) is 24.4 Å². The number of nitrogens with zero attached hydrogens (tertiary/aromatic N) is 1. The number of rotatable bonds is 1. The highest BCUT2D eigenvalue weighted by atomic mass is 35.5. The van der Waals surface area contributed by atoms with Gasteiger partial charge in [-0.2, -0.15) is 0 Å². The summed E-state index contributed by atoms with van der Waals surface area (Å²) in [6, 6.07) is 5.80. The number of aromatic amines is 1. The van der Waals surface area contributed by atoms with Gasteiger partial charge in [-0.1, -0.05) is 17.7 Å². The van der Waals surface area contributed by atoms with Crippen LogP contribution in [0.2, 0.25) is 5.02 Å². The van der Waals surface area contributed by atoms with Crippen LogP contribution in [-0.2, 0) is 0 Å². The SMILES string of the molecule is Cc1sc(N)nc1-c1c[nH]c2cccc(Cl)c12. The first-order valence-corrected chi connectivity index (χ1v) is 6.35. The van der Waals surface area contributed by atoms with Gasteiger partial charge < -0.3 is 10.7 Å². The molecule has 3 aromatic rings. The predicted octanol–water partition coefficient (Wildman–Crippen LogP) is 3.84. The molecule has 3 nitrogen and oxygen atoms in total. The van der Waals surface area contributed by atoms with Crippen molar-refractivity contribution in [3.05, 3.63) is 34.3 Å². The van der Waals surface area contributed by atoms with Crippen LogP contribution in [0.3, 0.4) is 0 Å². The fraction of sp³-hybridized carbons (Fsp3) is 0.0833. The normalized spacial score (nSPS) is 11.2. The molecule has 0 aliphatic heterocycles. The number of benzene rings is 1. The third-order valence-corrected chi connectivity index (χ3v) is 3.84. The maximum atomic E-state index is 6.24. The van der Waals surface area contributed by atoms with Crippen LogP contribution in [0, 0.1) is 6.92 Å². The molecule has 17 heavy (non-hydrogen) atoms. The van der Waals surface area contributed by atoms with Crippen molar-refractivity contribution < 1.29 is 0 Å². The summed E-state index contributed by atoms with van der Waals surface area (Å²) in [7, 11) is 0. The Morgan fingerprint density at radius 1 is 1.41 bits per heavy atom. The highest BCUT2D eigenvalue weighted by molar-refractivity contribution is 7.15. The number of hydrogen-bond donors (Lipinski definition) is 2. The Labute approximate surface area is 107 Å². The lowest BCUT2D eigenvalue weighted by Gasteiger charge is -1.98. The number of nitrogens with one attached hydrogen (secondary N) is 1. The average Bonchev–Trinajstić information content (AvgIpc) is 2.83. The van der Waals surface area contributed by atoms with Crippen LogP contribution in [0.25, 0.3) is 22.2 Å². The van der Waals surface area contributed by atoms with Gasteiger partial charge >= 0.3 is 0 Å². The van der Waals surface area contributed by atoms with Crippen molar-refractivity contribution in [3.8, 4) is 11.3 Å². The first-order chi connectivity index (χ1) is 8.16. The Morgan fingerprint density at radius 3 is 2.94 bits per heavy atom. The van der Waals surface area contributed by atoms with E-state index in [0.717, 1.165) is 32.1 Å². The van der Waals surface area contributed by atoms with E-state index in [1.165, 1.54) is 11.3 Å². The fourth-order valence-electron chi connectivity index (χ4n) is 1.99. The van der Waals surface area contributed by atoms with Crippen molar-refractivity contribution in [2.45, 2.75) is 6.92 Å². The van der Waals surface area contributed by atoms with E-state index < -0.39 is 0 Å². The lowest BCUT2D eigenvalue weighted by atomic mass is 10.1. The van der Waals surface area contributed by atoms with Crippen LogP contribution < -0.4 is 5.73 Å². The van der Waals surface area contributed by atoms with E-state index in [1.807, 2.05) is 31.3 Å². The number of aryl methyl sites for hydroxylation is 1. The smallest absolute Gasteiger partial charge is 0.180 e. The summed E-state index contributed by atoms with van der Waals surface area (Å²) in [5.41, 5.74) is 8.66. The Kier molecular flexibility index (Phi) is 2.34. The van der Waals surface area contributed by atoms with Gasteiger partial charge in [0.15, 0.2) is 5.13 Å². The molecular formula is C12H10ClN3S. The molecule has 5 heteroatoms. The van der Waals surface area contributed by atoms with Crippen molar-refractivity contribution in [2.75, 3.05) is 5.73 Å². The molecule has 3 rings (SSSR count). The van der Waals surface area contributed by atoms with Crippen LogP contribution in [0.4, 0.5) is 5.13 Å². The number of hydrogen-bond acceptors (Lipinski definition) is 3. The van der Waals surface area contributed by atoms with Gasteiger partial charge in [0.2, 0.25) is 0 Å². The van der Waals surface area contributed by atoms with Crippen molar-refractivity contribution in [1.82, 2.24) is 9.97 Å². The summed E-state index contributed by atoms with van der Waals surface area (Å²) in [5, 5.41) is 2.31. The molecule has 86 valence electrons. The molecule has 1 aromatic carbocycles.